The van der Waals surface area contributed by atoms with Crippen molar-refractivity contribution in [3.63, 3.8) is 0 Å². The highest BCUT2D eigenvalue weighted by Crippen LogP contribution is 2.19. The first-order valence-corrected chi connectivity index (χ1v) is 5.98. The van der Waals surface area contributed by atoms with Gasteiger partial charge in [0, 0.05) is 18.8 Å². The molecule has 0 aliphatic rings. The van der Waals surface area contributed by atoms with E-state index in [9.17, 15) is 9.18 Å². The smallest absolute Gasteiger partial charge is 0.258 e. The molecule has 1 aromatic carbocycles. The Bertz CT molecular complexity index is 679. The Hall–Kier alpha value is -2.74. The first-order chi connectivity index (χ1) is 9.63. The van der Waals surface area contributed by atoms with Gasteiger partial charge in [0.25, 0.3) is 5.91 Å². The Labute approximate surface area is 116 Å². The maximum absolute atomic E-state index is 13.7. The van der Waals surface area contributed by atoms with Crippen LogP contribution in [0.2, 0.25) is 0 Å². The normalized spacial score (nSPS) is 9.85. The van der Waals surface area contributed by atoms with Crippen molar-refractivity contribution >= 4 is 11.6 Å². The summed E-state index contributed by atoms with van der Waals surface area (Å²) in [6.07, 6.45) is 1.60. The molecule has 100 valence electrons. The molecular formula is C15H12FN3O. The number of aromatic nitrogens is 1. The standard InChI is InChI=1S/C15H12FN3O/c1-19(14-5-3-2-4-13(14)16)15(20)11-7-9-18-12(10-11)6-8-17/h2-5,7,9-10H,6H2,1H3. The van der Waals surface area contributed by atoms with Crippen molar-refractivity contribution in [3.8, 4) is 6.07 Å². The minimum atomic E-state index is -0.463. The van der Waals surface area contributed by atoms with Crippen LogP contribution in [0.5, 0.6) is 0 Å². The van der Waals surface area contributed by atoms with Gasteiger partial charge in [-0.15, -0.1) is 0 Å². The lowest BCUT2D eigenvalue weighted by atomic mass is 10.1. The number of hydrogen-bond acceptors (Lipinski definition) is 3. The Morgan fingerprint density at radius 2 is 2.15 bits per heavy atom. The number of halogens is 1. The van der Waals surface area contributed by atoms with Gasteiger partial charge >= 0.3 is 0 Å². The number of carbonyl (C=O) groups is 1. The van der Waals surface area contributed by atoms with Gasteiger partial charge < -0.3 is 4.90 Å². The molecule has 0 fully saturated rings. The largest absolute Gasteiger partial charge is 0.309 e. The van der Waals surface area contributed by atoms with Gasteiger partial charge in [0.1, 0.15) is 5.82 Å². The number of hydrogen-bond donors (Lipinski definition) is 0. The topological polar surface area (TPSA) is 57.0 Å². The molecule has 0 N–H and O–H groups in total. The van der Waals surface area contributed by atoms with E-state index < -0.39 is 5.82 Å². The van der Waals surface area contributed by atoms with Gasteiger partial charge in [-0.25, -0.2) is 4.39 Å². The molecule has 0 saturated carbocycles. The summed E-state index contributed by atoms with van der Waals surface area (Å²) >= 11 is 0. The lowest BCUT2D eigenvalue weighted by molar-refractivity contribution is 0.0992. The Balaban J connectivity index is 2.30. The lowest BCUT2D eigenvalue weighted by Gasteiger charge is -2.18. The molecular weight excluding hydrogens is 257 g/mol. The van der Waals surface area contributed by atoms with Crippen LogP contribution in [-0.2, 0) is 6.42 Å². The zero-order chi connectivity index (χ0) is 14.5. The van der Waals surface area contributed by atoms with E-state index >= 15 is 0 Å². The van der Waals surface area contributed by atoms with Crippen LogP contribution >= 0.6 is 0 Å². The number of amides is 1. The molecule has 1 aromatic heterocycles. The summed E-state index contributed by atoms with van der Waals surface area (Å²) in [7, 11) is 1.51. The Morgan fingerprint density at radius 1 is 1.40 bits per heavy atom. The molecule has 0 atom stereocenters. The van der Waals surface area contributed by atoms with Crippen molar-refractivity contribution < 1.29 is 9.18 Å². The highest BCUT2D eigenvalue weighted by molar-refractivity contribution is 6.05. The van der Waals surface area contributed by atoms with Crippen molar-refractivity contribution in [2.45, 2.75) is 6.42 Å². The third-order valence-corrected chi connectivity index (χ3v) is 2.84. The van der Waals surface area contributed by atoms with Crippen LogP contribution in [0.1, 0.15) is 16.1 Å². The van der Waals surface area contributed by atoms with Crippen LogP contribution < -0.4 is 4.90 Å². The van der Waals surface area contributed by atoms with E-state index in [1.165, 1.54) is 30.3 Å². The summed E-state index contributed by atoms with van der Waals surface area (Å²) in [5, 5.41) is 8.64. The maximum atomic E-state index is 13.7. The molecule has 0 unspecified atom stereocenters. The lowest BCUT2D eigenvalue weighted by Crippen LogP contribution is -2.27. The second kappa shape index (κ2) is 5.93. The van der Waals surface area contributed by atoms with Crippen molar-refractivity contribution in [1.82, 2.24) is 4.98 Å². The van der Waals surface area contributed by atoms with Gasteiger partial charge in [-0.05, 0) is 24.3 Å². The molecule has 2 aromatic rings. The molecule has 0 saturated heterocycles. The second-order valence-electron chi connectivity index (χ2n) is 4.19. The molecule has 0 bridgehead atoms. The van der Waals surface area contributed by atoms with Crippen LogP contribution in [0.15, 0.2) is 42.6 Å². The van der Waals surface area contributed by atoms with Gasteiger partial charge in [0.2, 0.25) is 0 Å². The maximum Gasteiger partial charge on any atom is 0.258 e. The summed E-state index contributed by atoms with van der Waals surface area (Å²) in [4.78, 5) is 17.5. The first kappa shape index (κ1) is 13.7. The number of nitrogens with zero attached hydrogens (tertiary/aromatic N) is 3. The van der Waals surface area contributed by atoms with Crippen LogP contribution in [0.4, 0.5) is 10.1 Å². The summed E-state index contributed by atoms with van der Waals surface area (Å²) in [6, 6.07) is 11.1. The van der Waals surface area contributed by atoms with Crippen LogP contribution in [0, 0.1) is 17.1 Å². The van der Waals surface area contributed by atoms with Gasteiger partial charge in [0.15, 0.2) is 0 Å². The zero-order valence-corrected chi connectivity index (χ0v) is 10.9. The van der Waals surface area contributed by atoms with Crippen molar-refractivity contribution in [2.75, 3.05) is 11.9 Å². The third kappa shape index (κ3) is 2.81. The molecule has 1 amide bonds. The third-order valence-electron chi connectivity index (χ3n) is 2.84. The van der Waals surface area contributed by atoms with Crippen molar-refractivity contribution in [3.05, 3.63) is 59.7 Å². The molecule has 2 rings (SSSR count). The predicted molar refractivity (Wildman–Crippen MR) is 72.7 cm³/mol. The second-order valence-corrected chi connectivity index (χ2v) is 4.19. The zero-order valence-electron chi connectivity index (χ0n) is 10.9. The summed E-state index contributed by atoms with van der Waals surface area (Å²) in [5.41, 5.74) is 1.09. The quantitative estimate of drug-likeness (QED) is 0.860. The monoisotopic (exact) mass is 269 g/mol. The SMILES string of the molecule is CN(C(=O)c1ccnc(CC#N)c1)c1ccccc1F. The van der Waals surface area contributed by atoms with Gasteiger partial charge in [-0.2, -0.15) is 5.26 Å². The molecule has 0 aliphatic carbocycles. The first-order valence-electron chi connectivity index (χ1n) is 5.98. The number of nitriles is 1. The number of pyridine rings is 1. The molecule has 4 nitrogen and oxygen atoms in total. The van der Waals surface area contributed by atoms with E-state index in [-0.39, 0.29) is 18.0 Å². The van der Waals surface area contributed by atoms with E-state index in [1.807, 2.05) is 6.07 Å². The average molecular weight is 269 g/mol. The fourth-order valence-corrected chi connectivity index (χ4v) is 1.82. The highest BCUT2D eigenvalue weighted by atomic mass is 19.1. The molecule has 1 heterocycles. The van der Waals surface area contributed by atoms with E-state index in [2.05, 4.69) is 4.98 Å². The molecule has 5 heteroatoms. The fourth-order valence-electron chi connectivity index (χ4n) is 1.82. The van der Waals surface area contributed by atoms with Crippen molar-refractivity contribution in [2.24, 2.45) is 0 Å². The Morgan fingerprint density at radius 3 is 2.85 bits per heavy atom. The minimum Gasteiger partial charge on any atom is -0.309 e. The molecule has 0 radical (unpaired) electrons. The molecule has 0 aliphatic heterocycles. The number of benzene rings is 1. The fraction of sp³-hybridized carbons (Fsp3) is 0.133. The predicted octanol–water partition coefficient (Wildman–Crippen LogP) is 2.56. The average Bonchev–Trinajstić information content (AvgIpc) is 2.47. The summed E-state index contributed by atoms with van der Waals surface area (Å²) < 4.78 is 13.7. The number of anilines is 1. The summed E-state index contributed by atoms with van der Waals surface area (Å²) in [5.74, 6) is -0.814. The highest BCUT2D eigenvalue weighted by Gasteiger charge is 2.16. The Kier molecular flexibility index (Phi) is 4.06. The van der Waals surface area contributed by atoms with Crippen LogP contribution in [0.25, 0.3) is 0 Å². The van der Waals surface area contributed by atoms with E-state index in [4.69, 9.17) is 5.26 Å². The number of para-hydroxylation sites is 1. The minimum absolute atomic E-state index is 0.129. The van der Waals surface area contributed by atoms with E-state index in [1.54, 1.807) is 24.3 Å². The van der Waals surface area contributed by atoms with Crippen LogP contribution in [-0.4, -0.2) is 17.9 Å². The van der Waals surface area contributed by atoms with Gasteiger partial charge in [-0.1, -0.05) is 12.1 Å². The van der Waals surface area contributed by atoms with Gasteiger partial charge in [-0.3, -0.25) is 9.78 Å². The van der Waals surface area contributed by atoms with Crippen LogP contribution in [0.3, 0.4) is 0 Å². The molecule has 20 heavy (non-hydrogen) atoms. The van der Waals surface area contributed by atoms with Crippen molar-refractivity contribution in [1.29, 1.82) is 5.26 Å². The number of rotatable bonds is 3. The van der Waals surface area contributed by atoms with E-state index in [0.717, 1.165) is 0 Å². The molecule has 0 spiro atoms. The summed E-state index contributed by atoms with van der Waals surface area (Å²) in [6.45, 7) is 0. The van der Waals surface area contributed by atoms with Gasteiger partial charge in [0.05, 0.1) is 23.9 Å². The number of carbonyl (C=O) groups excluding carboxylic acids is 1. The van der Waals surface area contributed by atoms with E-state index in [0.29, 0.717) is 11.3 Å².